The standard InChI is InChI=1S/C17H24O2/c1-4-14-7-8-17(10-14,16(18)19)11-15-6-5-12(2)13(3)9-15/h5-6,9,14H,4,7-8,10-11H2,1-3H3,(H,18,19). The first kappa shape index (κ1) is 14.1. The van der Waals surface area contributed by atoms with E-state index in [2.05, 4.69) is 39.0 Å². The summed E-state index contributed by atoms with van der Waals surface area (Å²) in [6.07, 6.45) is 4.51. The fourth-order valence-electron chi connectivity index (χ4n) is 3.32. The second kappa shape index (κ2) is 5.36. The number of aryl methyl sites for hydroxylation is 2. The molecule has 2 unspecified atom stereocenters. The van der Waals surface area contributed by atoms with Crippen molar-refractivity contribution in [1.82, 2.24) is 0 Å². The van der Waals surface area contributed by atoms with Gasteiger partial charge in [0.2, 0.25) is 0 Å². The summed E-state index contributed by atoms with van der Waals surface area (Å²) in [7, 11) is 0. The number of aliphatic carboxylic acids is 1. The number of carboxylic acids is 1. The van der Waals surface area contributed by atoms with E-state index in [0.29, 0.717) is 12.3 Å². The molecule has 0 aliphatic heterocycles. The van der Waals surface area contributed by atoms with E-state index < -0.39 is 11.4 Å². The van der Waals surface area contributed by atoms with Crippen molar-refractivity contribution in [2.24, 2.45) is 11.3 Å². The molecule has 0 bridgehead atoms. The molecule has 0 spiro atoms. The monoisotopic (exact) mass is 260 g/mol. The van der Waals surface area contributed by atoms with Crippen molar-refractivity contribution in [3.8, 4) is 0 Å². The summed E-state index contributed by atoms with van der Waals surface area (Å²) in [6, 6.07) is 6.35. The minimum Gasteiger partial charge on any atom is -0.481 e. The normalized spacial score (nSPS) is 26.6. The summed E-state index contributed by atoms with van der Waals surface area (Å²) < 4.78 is 0. The van der Waals surface area contributed by atoms with Crippen LogP contribution in [0.5, 0.6) is 0 Å². The zero-order valence-electron chi connectivity index (χ0n) is 12.2. The van der Waals surface area contributed by atoms with Crippen LogP contribution in [0.3, 0.4) is 0 Å². The van der Waals surface area contributed by atoms with Crippen molar-refractivity contribution in [2.75, 3.05) is 0 Å². The quantitative estimate of drug-likeness (QED) is 0.884. The maximum atomic E-state index is 11.7. The van der Waals surface area contributed by atoms with Gasteiger partial charge >= 0.3 is 5.97 Å². The van der Waals surface area contributed by atoms with E-state index in [9.17, 15) is 9.90 Å². The van der Waals surface area contributed by atoms with Gasteiger partial charge in [-0.2, -0.15) is 0 Å². The number of hydrogen-bond acceptors (Lipinski definition) is 1. The predicted molar refractivity (Wildman–Crippen MR) is 77.3 cm³/mol. The number of carbonyl (C=O) groups is 1. The SMILES string of the molecule is CCC1CCC(Cc2ccc(C)c(C)c2)(C(=O)O)C1. The van der Waals surface area contributed by atoms with Crippen LogP contribution in [-0.4, -0.2) is 11.1 Å². The van der Waals surface area contributed by atoms with Gasteiger partial charge in [0.1, 0.15) is 0 Å². The van der Waals surface area contributed by atoms with E-state index >= 15 is 0 Å². The third kappa shape index (κ3) is 2.83. The highest BCUT2D eigenvalue weighted by molar-refractivity contribution is 5.75. The Balaban J connectivity index is 2.22. The Bertz CT molecular complexity index is 478. The lowest BCUT2D eigenvalue weighted by Gasteiger charge is -2.25. The molecule has 1 aliphatic rings. The van der Waals surface area contributed by atoms with Crippen LogP contribution in [-0.2, 0) is 11.2 Å². The van der Waals surface area contributed by atoms with Gasteiger partial charge in [-0.1, -0.05) is 31.5 Å². The predicted octanol–water partition coefficient (Wildman–Crippen LogP) is 4.13. The van der Waals surface area contributed by atoms with E-state index in [-0.39, 0.29) is 0 Å². The van der Waals surface area contributed by atoms with E-state index in [4.69, 9.17) is 0 Å². The molecule has 1 aromatic rings. The first-order chi connectivity index (χ1) is 8.97. The summed E-state index contributed by atoms with van der Waals surface area (Å²) >= 11 is 0. The summed E-state index contributed by atoms with van der Waals surface area (Å²) in [5, 5.41) is 9.66. The van der Waals surface area contributed by atoms with Gasteiger partial charge in [0.25, 0.3) is 0 Å². The van der Waals surface area contributed by atoms with Gasteiger partial charge in [0.05, 0.1) is 5.41 Å². The minimum atomic E-state index is -0.610. The van der Waals surface area contributed by atoms with Crippen molar-refractivity contribution in [2.45, 2.75) is 52.9 Å². The minimum absolute atomic E-state index is 0.525. The summed E-state index contributed by atoms with van der Waals surface area (Å²) in [5.41, 5.74) is 3.17. The van der Waals surface area contributed by atoms with Crippen LogP contribution in [0.25, 0.3) is 0 Å². The number of hydrogen-bond donors (Lipinski definition) is 1. The summed E-state index contributed by atoms with van der Waals surface area (Å²) in [6.45, 7) is 6.35. The smallest absolute Gasteiger partial charge is 0.309 e. The molecule has 0 radical (unpaired) electrons. The van der Waals surface area contributed by atoms with Gasteiger partial charge in [-0.25, -0.2) is 0 Å². The Morgan fingerprint density at radius 2 is 2.11 bits per heavy atom. The van der Waals surface area contributed by atoms with E-state index in [1.54, 1.807) is 0 Å². The Morgan fingerprint density at radius 3 is 2.63 bits per heavy atom. The molecule has 0 aromatic heterocycles. The molecule has 2 rings (SSSR count). The molecular weight excluding hydrogens is 236 g/mol. The largest absolute Gasteiger partial charge is 0.481 e. The van der Waals surface area contributed by atoms with Crippen molar-refractivity contribution in [3.05, 3.63) is 34.9 Å². The molecule has 2 nitrogen and oxygen atoms in total. The van der Waals surface area contributed by atoms with Crippen LogP contribution < -0.4 is 0 Å². The first-order valence-electron chi connectivity index (χ1n) is 7.26. The van der Waals surface area contributed by atoms with Crippen LogP contribution in [0.1, 0.15) is 49.3 Å². The molecule has 1 N–H and O–H groups in total. The van der Waals surface area contributed by atoms with Gasteiger partial charge in [-0.3, -0.25) is 4.79 Å². The Morgan fingerprint density at radius 1 is 1.37 bits per heavy atom. The third-order valence-electron chi connectivity index (χ3n) is 4.86. The lowest BCUT2D eigenvalue weighted by Crippen LogP contribution is -2.30. The van der Waals surface area contributed by atoms with Crippen LogP contribution in [0.4, 0.5) is 0 Å². The van der Waals surface area contributed by atoms with Gasteiger partial charge in [-0.05, 0) is 62.1 Å². The van der Waals surface area contributed by atoms with Gasteiger partial charge in [-0.15, -0.1) is 0 Å². The fourth-order valence-corrected chi connectivity index (χ4v) is 3.32. The molecule has 2 heteroatoms. The molecule has 1 saturated carbocycles. The topological polar surface area (TPSA) is 37.3 Å². The zero-order chi connectivity index (χ0) is 14.0. The van der Waals surface area contributed by atoms with E-state index in [1.165, 1.54) is 16.7 Å². The molecule has 104 valence electrons. The maximum Gasteiger partial charge on any atom is 0.309 e. The van der Waals surface area contributed by atoms with E-state index in [1.807, 2.05) is 0 Å². The molecular formula is C17H24O2. The van der Waals surface area contributed by atoms with Gasteiger partial charge in [0, 0.05) is 0 Å². The van der Waals surface area contributed by atoms with Crippen LogP contribution in [0, 0.1) is 25.2 Å². The van der Waals surface area contributed by atoms with Gasteiger partial charge < -0.3 is 5.11 Å². The molecule has 2 atom stereocenters. The molecule has 1 fully saturated rings. The molecule has 0 saturated heterocycles. The van der Waals surface area contributed by atoms with Gasteiger partial charge in [0.15, 0.2) is 0 Å². The number of rotatable bonds is 4. The summed E-state index contributed by atoms with van der Waals surface area (Å²) in [4.78, 5) is 11.7. The highest BCUT2D eigenvalue weighted by atomic mass is 16.4. The Labute approximate surface area is 115 Å². The fraction of sp³-hybridized carbons (Fsp3) is 0.588. The number of carboxylic acid groups (broad SMARTS) is 1. The highest BCUT2D eigenvalue weighted by Gasteiger charge is 2.44. The van der Waals surface area contributed by atoms with Crippen LogP contribution in [0.2, 0.25) is 0 Å². The second-order valence-corrected chi connectivity index (χ2v) is 6.20. The average Bonchev–Trinajstić information content (AvgIpc) is 2.79. The zero-order valence-corrected chi connectivity index (χ0v) is 12.2. The molecule has 19 heavy (non-hydrogen) atoms. The lowest BCUT2D eigenvalue weighted by molar-refractivity contribution is -0.148. The Hall–Kier alpha value is -1.31. The van der Waals surface area contributed by atoms with Crippen LogP contribution in [0.15, 0.2) is 18.2 Å². The molecule has 0 heterocycles. The van der Waals surface area contributed by atoms with Crippen molar-refractivity contribution in [3.63, 3.8) is 0 Å². The average molecular weight is 260 g/mol. The van der Waals surface area contributed by atoms with Crippen molar-refractivity contribution < 1.29 is 9.90 Å². The van der Waals surface area contributed by atoms with Crippen LogP contribution >= 0.6 is 0 Å². The highest BCUT2D eigenvalue weighted by Crippen LogP contribution is 2.45. The lowest BCUT2D eigenvalue weighted by atomic mass is 9.79. The second-order valence-electron chi connectivity index (χ2n) is 6.20. The van der Waals surface area contributed by atoms with Crippen molar-refractivity contribution >= 4 is 5.97 Å². The Kier molecular flexibility index (Phi) is 3.98. The molecule has 1 aliphatic carbocycles. The van der Waals surface area contributed by atoms with E-state index in [0.717, 1.165) is 25.7 Å². The van der Waals surface area contributed by atoms with Crippen molar-refractivity contribution in [1.29, 1.82) is 0 Å². The third-order valence-corrected chi connectivity index (χ3v) is 4.86. The summed E-state index contributed by atoms with van der Waals surface area (Å²) in [5.74, 6) is -0.0238. The first-order valence-corrected chi connectivity index (χ1v) is 7.26. The number of benzene rings is 1. The maximum absolute atomic E-state index is 11.7. The molecule has 1 aromatic carbocycles. The molecule has 0 amide bonds.